The van der Waals surface area contributed by atoms with E-state index in [2.05, 4.69) is 4.98 Å². The van der Waals surface area contributed by atoms with Crippen molar-refractivity contribution in [2.24, 2.45) is 0 Å². The lowest BCUT2D eigenvalue weighted by molar-refractivity contribution is -0.140. The van der Waals surface area contributed by atoms with Gasteiger partial charge in [-0.2, -0.15) is 0 Å². The van der Waals surface area contributed by atoms with Crippen LogP contribution in [0.2, 0.25) is 0 Å². The van der Waals surface area contributed by atoms with Gasteiger partial charge >= 0.3 is 0 Å². The first-order valence-corrected chi connectivity index (χ1v) is 9.47. The molecule has 1 amide bonds. The quantitative estimate of drug-likeness (QED) is 0.401. The molecule has 1 aliphatic heterocycles. The summed E-state index contributed by atoms with van der Waals surface area (Å²) >= 11 is 0. The maximum atomic E-state index is 13.0. The molecule has 1 saturated heterocycles. The molecule has 0 aliphatic carbocycles. The van der Waals surface area contributed by atoms with Crippen molar-refractivity contribution in [1.29, 1.82) is 0 Å². The molecule has 1 fully saturated rings. The molecule has 3 aromatic rings. The van der Waals surface area contributed by atoms with E-state index < -0.39 is 17.7 Å². The molecule has 0 radical (unpaired) electrons. The van der Waals surface area contributed by atoms with Gasteiger partial charge in [-0.25, -0.2) is 0 Å². The van der Waals surface area contributed by atoms with Crippen LogP contribution >= 0.6 is 0 Å². The van der Waals surface area contributed by atoms with E-state index in [1.165, 1.54) is 4.90 Å². The lowest BCUT2D eigenvalue weighted by atomic mass is 9.95. The van der Waals surface area contributed by atoms with Crippen molar-refractivity contribution in [2.45, 2.75) is 12.6 Å². The highest BCUT2D eigenvalue weighted by molar-refractivity contribution is 6.46. The summed E-state index contributed by atoms with van der Waals surface area (Å²) < 4.78 is 5.22. The van der Waals surface area contributed by atoms with Crippen molar-refractivity contribution in [2.75, 3.05) is 7.11 Å². The van der Waals surface area contributed by atoms with Gasteiger partial charge in [0.05, 0.1) is 18.7 Å². The van der Waals surface area contributed by atoms with Gasteiger partial charge in [-0.3, -0.25) is 14.6 Å². The number of aliphatic hydroxyl groups excluding tert-OH is 1. The van der Waals surface area contributed by atoms with Gasteiger partial charge in [0.25, 0.3) is 11.7 Å². The minimum Gasteiger partial charge on any atom is -0.507 e. The van der Waals surface area contributed by atoms with Crippen LogP contribution in [0.15, 0.2) is 84.7 Å². The van der Waals surface area contributed by atoms with E-state index in [1.54, 1.807) is 74.1 Å². The Bertz CT molecular complexity index is 1090. The molecule has 6 nitrogen and oxygen atoms in total. The number of pyridine rings is 1. The monoisotopic (exact) mass is 400 g/mol. The molecular formula is C24H20N2O4. The van der Waals surface area contributed by atoms with Gasteiger partial charge in [0.1, 0.15) is 11.5 Å². The van der Waals surface area contributed by atoms with Crippen LogP contribution in [0, 0.1) is 0 Å². The maximum Gasteiger partial charge on any atom is 0.295 e. The first-order valence-electron chi connectivity index (χ1n) is 9.47. The molecule has 1 aliphatic rings. The second-order valence-electron chi connectivity index (χ2n) is 6.93. The summed E-state index contributed by atoms with van der Waals surface area (Å²) in [6.45, 7) is 0.195. The SMILES string of the molecule is COc1ccc([C@@H]2C(=C(O)c3ccccc3)C(=O)C(=O)N2Cc2cccnc2)cc1. The number of ether oxygens (including phenoxy) is 1. The predicted octanol–water partition coefficient (Wildman–Crippen LogP) is 3.71. The standard InChI is InChI=1S/C24H20N2O4/c1-30-19-11-9-17(10-12-19)21-20(22(27)18-7-3-2-4-8-18)23(28)24(29)26(21)15-16-6-5-13-25-14-16/h2-14,21,27H,15H2,1H3/t21-/m1/s1. The normalized spacial score (nSPS) is 17.9. The number of carbonyl (C=O) groups is 2. The summed E-state index contributed by atoms with van der Waals surface area (Å²) in [5, 5.41) is 11.0. The zero-order chi connectivity index (χ0) is 21.1. The number of aliphatic hydroxyl groups is 1. The van der Waals surface area contributed by atoms with Crippen molar-refractivity contribution in [3.63, 3.8) is 0 Å². The fourth-order valence-corrected chi connectivity index (χ4v) is 3.62. The first kappa shape index (κ1) is 19.4. The molecule has 0 bridgehead atoms. The van der Waals surface area contributed by atoms with Crippen molar-refractivity contribution >= 4 is 17.4 Å². The van der Waals surface area contributed by atoms with Crippen LogP contribution in [0.4, 0.5) is 0 Å². The average Bonchev–Trinajstić information content (AvgIpc) is 3.05. The Kier molecular flexibility index (Phi) is 5.30. The van der Waals surface area contributed by atoms with E-state index in [0.717, 1.165) is 5.56 Å². The number of rotatable bonds is 5. The van der Waals surface area contributed by atoms with Crippen LogP contribution in [-0.2, 0) is 16.1 Å². The van der Waals surface area contributed by atoms with Crippen LogP contribution in [0.1, 0.15) is 22.7 Å². The number of hydrogen-bond acceptors (Lipinski definition) is 5. The number of amides is 1. The fraction of sp³-hybridized carbons (Fsp3) is 0.125. The van der Waals surface area contributed by atoms with Gasteiger partial charge < -0.3 is 14.7 Å². The van der Waals surface area contributed by atoms with E-state index in [1.807, 2.05) is 12.1 Å². The highest BCUT2D eigenvalue weighted by Crippen LogP contribution is 2.40. The number of nitrogens with zero attached hydrogens (tertiary/aromatic N) is 2. The summed E-state index contributed by atoms with van der Waals surface area (Å²) in [7, 11) is 1.57. The minimum absolute atomic E-state index is 0.0697. The minimum atomic E-state index is -0.726. The lowest BCUT2D eigenvalue weighted by Crippen LogP contribution is -2.29. The van der Waals surface area contributed by atoms with Crippen molar-refractivity contribution in [3.8, 4) is 5.75 Å². The number of hydrogen-bond donors (Lipinski definition) is 1. The van der Waals surface area contributed by atoms with Crippen LogP contribution in [0.3, 0.4) is 0 Å². The summed E-state index contributed by atoms with van der Waals surface area (Å²) in [6.07, 6.45) is 3.30. The molecule has 2 aromatic carbocycles. The average molecular weight is 400 g/mol. The van der Waals surface area contributed by atoms with Gasteiger partial charge in [0.15, 0.2) is 0 Å². The second kappa shape index (κ2) is 8.21. The van der Waals surface area contributed by atoms with E-state index in [0.29, 0.717) is 16.9 Å². The third-order valence-corrected chi connectivity index (χ3v) is 5.09. The molecule has 1 atom stereocenters. The molecule has 0 unspecified atom stereocenters. The highest BCUT2D eigenvalue weighted by atomic mass is 16.5. The molecular weight excluding hydrogens is 380 g/mol. The van der Waals surface area contributed by atoms with Crippen molar-refractivity contribution in [3.05, 3.63) is 101 Å². The van der Waals surface area contributed by atoms with Crippen LogP contribution < -0.4 is 4.74 Å². The van der Waals surface area contributed by atoms with E-state index >= 15 is 0 Å². The molecule has 30 heavy (non-hydrogen) atoms. The van der Waals surface area contributed by atoms with Gasteiger partial charge in [-0.05, 0) is 29.3 Å². The van der Waals surface area contributed by atoms with Crippen LogP contribution in [-0.4, -0.2) is 33.8 Å². The number of ketones is 1. The fourth-order valence-electron chi connectivity index (χ4n) is 3.62. The van der Waals surface area contributed by atoms with Crippen LogP contribution in [0.25, 0.3) is 5.76 Å². The predicted molar refractivity (Wildman–Crippen MR) is 112 cm³/mol. The number of benzene rings is 2. The largest absolute Gasteiger partial charge is 0.507 e. The molecule has 150 valence electrons. The first-order chi connectivity index (χ1) is 14.6. The van der Waals surface area contributed by atoms with E-state index in [9.17, 15) is 14.7 Å². The third kappa shape index (κ3) is 3.55. The summed E-state index contributed by atoms with van der Waals surface area (Å²) in [5.74, 6) is -0.896. The summed E-state index contributed by atoms with van der Waals surface area (Å²) in [6, 6.07) is 18.8. The number of carbonyl (C=O) groups excluding carboxylic acids is 2. The maximum absolute atomic E-state index is 13.0. The molecule has 4 rings (SSSR count). The number of likely N-dealkylation sites (tertiary alicyclic amines) is 1. The topological polar surface area (TPSA) is 79.7 Å². The Hall–Kier alpha value is -3.93. The van der Waals surface area contributed by atoms with Gasteiger partial charge in [0.2, 0.25) is 0 Å². The van der Waals surface area contributed by atoms with Gasteiger partial charge in [-0.15, -0.1) is 0 Å². The van der Waals surface area contributed by atoms with Crippen molar-refractivity contribution < 1.29 is 19.4 Å². The molecule has 6 heteroatoms. The summed E-state index contributed by atoms with van der Waals surface area (Å²) in [5.41, 5.74) is 2.05. The van der Waals surface area contributed by atoms with Crippen LogP contribution in [0.5, 0.6) is 5.75 Å². The van der Waals surface area contributed by atoms with Crippen molar-refractivity contribution in [1.82, 2.24) is 9.88 Å². The van der Waals surface area contributed by atoms with E-state index in [-0.39, 0.29) is 17.9 Å². The Labute approximate surface area is 174 Å². The Morgan fingerprint density at radius 2 is 1.77 bits per heavy atom. The Balaban J connectivity index is 1.85. The number of Topliss-reactive ketones (excluding diaryl/α,β-unsaturated/α-hetero) is 1. The lowest BCUT2D eigenvalue weighted by Gasteiger charge is -2.25. The van der Waals surface area contributed by atoms with Gasteiger partial charge in [0, 0.05) is 24.5 Å². The Morgan fingerprint density at radius 1 is 1.03 bits per heavy atom. The zero-order valence-corrected chi connectivity index (χ0v) is 16.4. The Morgan fingerprint density at radius 3 is 2.40 bits per heavy atom. The third-order valence-electron chi connectivity index (χ3n) is 5.09. The van der Waals surface area contributed by atoms with Gasteiger partial charge in [-0.1, -0.05) is 48.5 Å². The molecule has 1 N–H and O–H groups in total. The summed E-state index contributed by atoms with van der Waals surface area (Å²) in [4.78, 5) is 31.5. The molecule has 1 aromatic heterocycles. The highest BCUT2D eigenvalue weighted by Gasteiger charge is 2.46. The zero-order valence-electron chi connectivity index (χ0n) is 16.4. The number of methoxy groups -OCH3 is 1. The number of aromatic nitrogens is 1. The second-order valence-corrected chi connectivity index (χ2v) is 6.93. The van der Waals surface area contributed by atoms with E-state index in [4.69, 9.17) is 4.74 Å². The molecule has 0 spiro atoms. The molecule has 0 saturated carbocycles. The smallest absolute Gasteiger partial charge is 0.295 e. The molecule has 2 heterocycles.